The molecule has 0 bridgehead atoms. The molecule has 0 spiro atoms. The van der Waals surface area contributed by atoms with E-state index in [2.05, 4.69) is 41.4 Å². The van der Waals surface area contributed by atoms with Crippen molar-refractivity contribution in [3.05, 3.63) is 53.9 Å². The zero-order chi connectivity index (χ0) is 11.2. The number of benzene rings is 2. The molecule has 0 aliphatic heterocycles. The van der Waals surface area contributed by atoms with Crippen LogP contribution in [-0.4, -0.2) is 4.98 Å². The first kappa shape index (κ1) is 8.99. The standard InChI is InChI=1S/C15H11NO/c1-2-4-12-10(3-1)5-6-11-7-15-14(8-13(11)12)16-9-17-15/h1-4,7-9H,5-6H2. The lowest BCUT2D eigenvalue weighted by Crippen LogP contribution is -2.03. The van der Waals surface area contributed by atoms with Gasteiger partial charge in [0.2, 0.25) is 0 Å². The maximum atomic E-state index is 5.36. The predicted molar refractivity (Wildman–Crippen MR) is 66.9 cm³/mol. The number of hydrogen-bond donors (Lipinski definition) is 0. The number of hydrogen-bond acceptors (Lipinski definition) is 2. The van der Waals surface area contributed by atoms with Crippen LogP contribution < -0.4 is 0 Å². The molecule has 2 aromatic carbocycles. The highest BCUT2D eigenvalue weighted by molar-refractivity contribution is 5.84. The Balaban J connectivity index is 2.07. The van der Waals surface area contributed by atoms with Crippen molar-refractivity contribution in [3.8, 4) is 11.1 Å². The molecule has 3 aromatic rings. The molecule has 1 aromatic heterocycles. The van der Waals surface area contributed by atoms with E-state index in [0.717, 1.165) is 23.9 Å². The van der Waals surface area contributed by atoms with Gasteiger partial charge in [0.15, 0.2) is 12.0 Å². The summed E-state index contributed by atoms with van der Waals surface area (Å²) in [5.74, 6) is 0. The van der Waals surface area contributed by atoms with Crippen LogP contribution >= 0.6 is 0 Å². The Morgan fingerprint density at radius 3 is 2.82 bits per heavy atom. The Morgan fingerprint density at radius 2 is 1.82 bits per heavy atom. The van der Waals surface area contributed by atoms with Crippen LogP contribution in [0.15, 0.2) is 47.2 Å². The molecule has 0 saturated heterocycles. The normalized spacial score (nSPS) is 13.4. The summed E-state index contributed by atoms with van der Waals surface area (Å²) in [4.78, 5) is 4.23. The first-order valence-electron chi connectivity index (χ1n) is 5.86. The number of aromatic nitrogens is 1. The second-order valence-corrected chi connectivity index (χ2v) is 4.49. The molecule has 17 heavy (non-hydrogen) atoms. The van der Waals surface area contributed by atoms with Gasteiger partial charge in [-0.2, -0.15) is 0 Å². The second kappa shape index (κ2) is 3.20. The zero-order valence-corrected chi connectivity index (χ0v) is 9.31. The van der Waals surface area contributed by atoms with Crippen molar-refractivity contribution in [2.24, 2.45) is 0 Å². The zero-order valence-electron chi connectivity index (χ0n) is 9.31. The maximum absolute atomic E-state index is 5.36. The predicted octanol–water partition coefficient (Wildman–Crippen LogP) is 3.59. The summed E-state index contributed by atoms with van der Waals surface area (Å²) in [6.45, 7) is 0. The van der Waals surface area contributed by atoms with Crippen LogP contribution in [0.25, 0.3) is 22.2 Å². The number of rotatable bonds is 0. The average molecular weight is 221 g/mol. The third-order valence-electron chi connectivity index (χ3n) is 3.53. The van der Waals surface area contributed by atoms with E-state index in [1.807, 2.05) is 0 Å². The molecule has 0 N–H and O–H groups in total. The molecule has 4 rings (SSSR count). The first-order valence-corrected chi connectivity index (χ1v) is 5.86. The van der Waals surface area contributed by atoms with Crippen LogP contribution in [0.3, 0.4) is 0 Å². The van der Waals surface area contributed by atoms with E-state index >= 15 is 0 Å². The Morgan fingerprint density at radius 1 is 0.941 bits per heavy atom. The number of fused-ring (bicyclic) bond motifs is 4. The summed E-state index contributed by atoms with van der Waals surface area (Å²) in [5.41, 5.74) is 7.30. The molecular weight excluding hydrogens is 210 g/mol. The fourth-order valence-corrected chi connectivity index (χ4v) is 2.67. The van der Waals surface area contributed by atoms with Gasteiger partial charge in [0.05, 0.1) is 0 Å². The van der Waals surface area contributed by atoms with E-state index in [9.17, 15) is 0 Å². The molecule has 2 nitrogen and oxygen atoms in total. The highest BCUT2D eigenvalue weighted by Gasteiger charge is 2.17. The molecule has 0 saturated carbocycles. The van der Waals surface area contributed by atoms with Gasteiger partial charge >= 0.3 is 0 Å². The van der Waals surface area contributed by atoms with Crippen LogP contribution in [-0.2, 0) is 12.8 Å². The molecule has 0 unspecified atom stereocenters. The lowest BCUT2D eigenvalue weighted by Gasteiger charge is -2.19. The van der Waals surface area contributed by atoms with Gasteiger partial charge in [-0.15, -0.1) is 0 Å². The van der Waals surface area contributed by atoms with Crippen LogP contribution in [0.2, 0.25) is 0 Å². The number of nitrogens with zero attached hydrogens (tertiary/aromatic N) is 1. The smallest absolute Gasteiger partial charge is 0.181 e. The van der Waals surface area contributed by atoms with Crippen molar-refractivity contribution in [2.75, 3.05) is 0 Å². The highest BCUT2D eigenvalue weighted by Crippen LogP contribution is 2.35. The molecule has 0 fully saturated rings. The number of oxazole rings is 1. The molecule has 0 radical (unpaired) electrons. The van der Waals surface area contributed by atoms with E-state index in [1.165, 1.54) is 28.6 Å². The fourth-order valence-electron chi connectivity index (χ4n) is 2.67. The van der Waals surface area contributed by atoms with E-state index in [0.29, 0.717) is 0 Å². The van der Waals surface area contributed by atoms with Crippen molar-refractivity contribution in [1.29, 1.82) is 0 Å². The molecule has 0 atom stereocenters. The van der Waals surface area contributed by atoms with E-state index < -0.39 is 0 Å². The molecule has 1 heterocycles. The quantitative estimate of drug-likeness (QED) is 0.579. The molecule has 1 aliphatic carbocycles. The topological polar surface area (TPSA) is 26.0 Å². The van der Waals surface area contributed by atoms with Gasteiger partial charge in [-0.05, 0) is 47.2 Å². The van der Waals surface area contributed by atoms with Gasteiger partial charge in [-0.3, -0.25) is 0 Å². The van der Waals surface area contributed by atoms with E-state index in [4.69, 9.17) is 4.42 Å². The van der Waals surface area contributed by atoms with E-state index in [-0.39, 0.29) is 0 Å². The summed E-state index contributed by atoms with van der Waals surface area (Å²) < 4.78 is 5.36. The summed E-state index contributed by atoms with van der Waals surface area (Å²) >= 11 is 0. The molecule has 82 valence electrons. The first-order chi connectivity index (χ1) is 8.42. The van der Waals surface area contributed by atoms with Crippen molar-refractivity contribution >= 4 is 11.1 Å². The Kier molecular flexibility index (Phi) is 1.69. The largest absolute Gasteiger partial charge is 0.443 e. The van der Waals surface area contributed by atoms with Crippen LogP contribution in [0.5, 0.6) is 0 Å². The van der Waals surface area contributed by atoms with Gasteiger partial charge < -0.3 is 4.42 Å². The minimum absolute atomic E-state index is 0.892. The highest BCUT2D eigenvalue weighted by atomic mass is 16.3. The fraction of sp³-hybridized carbons (Fsp3) is 0.133. The second-order valence-electron chi connectivity index (χ2n) is 4.49. The van der Waals surface area contributed by atoms with Crippen LogP contribution in [0.4, 0.5) is 0 Å². The SMILES string of the molecule is c1ccc2c(c1)CCc1cc3ocnc3cc1-2. The average Bonchev–Trinajstić information content (AvgIpc) is 2.83. The monoisotopic (exact) mass is 221 g/mol. The Hall–Kier alpha value is -2.09. The van der Waals surface area contributed by atoms with Crippen molar-refractivity contribution < 1.29 is 4.42 Å². The van der Waals surface area contributed by atoms with Gasteiger partial charge in [-0.25, -0.2) is 4.98 Å². The Labute approximate surface area is 98.9 Å². The van der Waals surface area contributed by atoms with Gasteiger partial charge in [0.25, 0.3) is 0 Å². The summed E-state index contributed by atoms with van der Waals surface area (Å²) in [6, 6.07) is 12.9. The van der Waals surface area contributed by atoms with Gasteiger partial charge in [0, 0.05) is 0 Å². The summed E-state index contributed by atoms with van der Waals surface area (Å²) in [5, 5.41) is 0. The minimum atomic E-state index is 0.892. The summed E-state index contributed by atoms with van der Waals surface area (Å²) in [6.07, 6.45) is 3.72. The Bertz CT molecular complexity index is 712. The van der Waals surface area contributed by atoms with Crippen LogP contribution in [0, 0.1) is 0 Å². The number of aryl methyl sites for hydroxylation is 2. The molecule has 0 amide bonds. The lowest BCUT2D eigenvalue weighted by atomic mass is 9.85. The van der Waals surface area contributed by atoms with Gasteiger partial charge in [0.1, 0.15) is 5.52 Å². The van der Waals surface area contributed by atoms with Crippen molar-refractivity contribution in [2.45, 2.75) is 12.8 Å². The van der Waals surface area contributed by atoms with Crippen molar-refractivity contribution in [3.63, 3.8) is 0 Å². The third-order valence-corrected chi connectivity index (χ3v) is 3.53. The van der Waals surface area contributed by atoms with Crippen molar-refractivity contribution in [1.82, 2.24) is 4.98 Å². The maximum Gasteiger partial charge on any atom is 0.181 e. The molecule has 1 aliphatic rings. The van der Waals surface area contributed by atoms with Gasteiger partial charge in [-0.1, -0.05) is 24.3 Å². The third kappa shape index (κ3) is 1.24. The molecular formula is C15H11NO. The minimum Gasteiger partial charge on any atom is -0.443 e. The summed E-state index contributed by atoms with van der Waals surface area (Å²) in [7, 11) is 0. The van der Waals surface area contributed by atoms with E-state index in [1.54, 1.807) is 0 Å². The lowest BCUT2D eigenvalue weighted by molar-refractivity contribution is 0.601. The van der Waals surface area contributed by atoms with Crippen LogP contribution in [0.1, 0.15) is 11.1 Å². The molecule has 2 heteroatoms.